The summed E-state index contributed by atoms with van der Waals surface area (Å²) in [6.07, 6.45) is 0. The molecule has 9 heteroatoms. The number of amides is 2. The SMILES string of the molecule is Cc1ccc(NC(=O)N/C(=N\c2nc(C)cc(C)n2)N2CCN(c3ccc(Cl)cc3)CC2)cc1. The van der Waals surface area contributed by atoms with E-state index in [1.165, 1.54) is 0 Å². The van der Waals surface area contributed by atoms with E-state index in [0.717, 1.165) is 35.7 Å². The maximum atomic E-state index is 12.8. The van der Waals surface area contributed by atoms with Crippen molar-refractivity contribution in [3.63, 3.8) is 0 Å². The van der Waals surface area contributed by atoms with Crippen molar-refractivity contribution in [3.05, 3.63) is 76.6 Å². The van der Waals surface area contributed by atoms with E-state index in [1.54, 1.807) is 0 Å². The minimum absolute atomic E-state index is 0.322. The molecule has 0 unspecified atom stereocenters. The lowest BCUT2D eigenvalue weighted by molar-refractivity contribution is 0.254. The maximum absolute atomic E-state index is 12.8. The first kappa shape index (κ1) is 23.5. The molecule has 0 bridgehead atoms. The van der Waals surface area contributed by atoms with E-state index in [9.17, 15) is 4.79 Å². The van der Waals surface area contributed by atoms with Gasteiger partial charge in [-0.25, -0.2) is 14.8 Å². The average molecular weight is 478 g/mol. The topological polar surface area (TPSA) is 85.7 Å². The Bertz CT molecular complexity index is 1150. The summed E-state index contributed by atoms with van der Waals surface area (Å²) in [5.74, 6) is 0.744. The third-order valence-electron chi connectivity index (χ3n) is 5.48. The van der Waals surface area contributed by atoms with Gasteiger partial charge in [0, 0.05) is 54.0 Å². The number of carbonyl (C=O) groups is 1. The zero-order valence-corrected chi connectivity index (χ0v) is 20.3. The Hall–Kier alpha value is -3.65. The van der Waals surface area contributed by atoms with Gasteiger partial charge in [0.25, 0.3) is 5.95 Å². The van der Waals surface area contributed by atoms with Crippen LogP contribution in [0.3, 0.4) is 0 Å². The van der Waals surface area contributed by atoms with Crippen LogP contribution in [0.2, 0.25) is 5.02 Å². The molecule has 1 saturated heterocycles. The van der Waals surface area contributed by atoms with Gasteiger partial charge in [0.2, 0.25) is 5.96 Å². The summed E-state index contributed by atoms with van der Waals surface area (Å²) in [5, 5.41) is 6.49. The third-order valence-corrected chi connectivity index (χ3v) is 5.73. The van der Waals surface area contributed by atoms with Gasteiger partial charge in [0.05, 0.1) is 0 Å². The van der Waals surface area contributed by atoms with Crippen LogP contribution in [0.1, 0.15) is 17.0 Å². The fourth-order valence-corrected chi connectivity index (χ4v) is 3.88. The summed E-state index contributed by atoms with van der Waals surface area (Å²) >= 11 is 6.03. The molecule has 3 aromatic rings. The number of hydrogen-bond donors (Lipinski definition) is 2. The zero-order chi connectivity index (χ0) is 24.1. The van der Waals surface area contributed by atoms with Crippen LogP contribution in [0, 0.1) is 20.8 Å². The van der Waals surface area contributed by atoms with Crippen LogP contribution in [-0.4, -0.2) is 53.0 Å². The third kappa shape index (κ3) is 6.23. The molecule has 2 N–H and O–H groups in total. The molecule has 0 atom stereocenters. The number of aliphatic imine (C=N–C) groups is 1. The van der Waals surface area contributed by atoms with Crippen molar-refractivity contribution in [2.45, 2.75) is 20.8 Å². The number of halogens is 1. The molecule has 1 fully saturated rings. The number of carbonyl (C=O) groups excluding carboxylic acids is 1. The lowest BCUT2D eigenvalue weighted by atomic mass is 10.2. The summed E-state index contributed by atoms with van der Waals surface area (Å²) in [4.78, 5) is 30.6. The molecule has 0 aliphatic carbocycles. The maximum Gasteiger partial charge on any atom is 0.326 e. The number of benzene rings is 2. The number of guanidine groups is 1. The molecule has 176 valence electrons. The van der Waals surface area contributed by atoms with Gasteiger partial charge < -0.3 is 15.1 Å². The lowest BCUT2D eigenvalue weighted by Crippen LogP contribution is -2.54. The highest BCUT2D eigenvalue weighted by molar-refractivity contribution is 6.30. The number of urea groups is 1. The van der Waals surface area contributed by atoms with Gasteiger partial charge >= 0.3 is 6.03 Å². The van der Waals surface area contributed by atoms with Gasteiger partial charge in [-0.1, -0.05) is 29.3 Å². The summed E-state index contributed by atoms with van der Waals surface area (Å²) in [6, 6.07) is 17.0. The number of aromatic nitrogens is 2. The number of nitrogens with one attached hydrogen (secondary N) is 2. The summed E-state index contributed by atoms with van der Waals surface area (Å²) < 4.78 is 0. The monoisotopic (exact) mass is 477 g/mol. The first-order chi connectivity index (χ1) is 16.4. The Morgan fingerprint density at radius 1 is 0.912 bits per heavy atom. The van der Waals surface area contributed by atoms with Gasteiger partial charge in [0.15, 0.2) is 0 Å². The van der Waals surface area contributed by atoms with Crippen molar-refractivity contribution in [3.8, 4) is 0 Å². The lowest BCUT2D eigenvalue weighted by Gasteiger charge is -2.37. The number of piperazine rings is 1. The van der Waals surface area contributed by atoms with Crippen LogP contribution in [0.25, 0.3) is 0 Å². The van der Waals surface area contributed by atoms with Gasteiger partial charge in [-0.05, 0) is 63.2 Å². The Balaban J connectivity index is 1.51. The largest absolute Gasteiger partial charge is 0.368 e. The van der Waals surface area contributed by atoms with Gasteiger partial charge in [-0.15, -0.1) is 0 Å². The number of aryl methyl sites for hydroxylation is 3. The van der Waals surface area contributed by atoms with Crippen molar-refractivity contribution < 1.29 is 4.79 Å². The van der Waals surface area contributed by atoms with Crippen molar-refractivity contribution >= 4 is 40.9 Å². The molecule has 2 heterocycles. The number of nitrogens with zero attached hydrogens (tertiary/aromatic N) is 5. The Morgan fingerprint density at radius 3 is 2.15 bits per heavy atom. The highest BCUT2D eigenvalue weighted by Crippen LogP contribution is 2.20. The highest BCUT2D eigenvalue weighted by atomic mass is 35.5. The fraction of sp³-hybridized carbons (Fsp3) is 0.280. The van der Waals surface area contributed by atoms with Crippen LogP contribution in [-0.2, 0) is 0 Å². The van der Waals surface area contributed by atoms with Crippen molar-refractivity contribution in [2.75, 3.05) is 36.4 Å². The van der Waals surface area contributed by atoms with Crippen molar-refractivity contribution in [1.82, 2.24) is 20.2 Å². The summed E-state index contributed by atoms with van der Waals surface area (Å²) in [6.45, 7) is 8.70. The second-order valence-corrected chi connectivity index (χ2v) is 8.72. The van der Waals surface area contributed by atoms with Crippen molar-refractivity contribution in [1.29, 1.82) is 0 Å². The Labute approximate surface area is 204 Å². The van der Waals surface area contributed by atoms with E-state index < -0.39 is 0 Å². The number of hydrogen-bond acceptors (Lipinski definition) is 5. The van der Waals surface area contributed by atoms with E-state index in [2.05, 4.69) is 30.5 Å². The van der Waals surface area contributed by atoms with Gasteiger partial charge in [0.1, 0.15) is 0 Å². The van der Waals surface area contributed by atoms with Crippen LogP contribution < -0.4 is 15.5 Å². The average Bonchev–Trinajstić information content (AvgIpc) is 2.80. The fourth-order valence-electron chi connectivity index (χ4n) is 3.76. The standard InChI is InChI=1S/C25H28ClN7O/c1-17-4-8-21(9-5-17)29-25(34)31-24(30-23-27-18(2)16-19(3)28-23)33-14-12-32(13-15-33)22-10-6-20(26)7-11-22/h4-11,16H,12-15H2,1-3H3,(H2,27,28,29,30,31,34). The van der Waals surface area contributed by atoms with Gasteiger partial charge in [-0.3, -0.25) is 5.32 Å². The Morgan fingerprint density at radius 2 is 1.53 bits per heavy atom. The smallest absolute Gasteiger partial charge is 0.326 e. The molecular formula is C25H28ClN7O. The van der Waals surface area contributed by atoms with Crippen LogP contribution in [0.5, 0.6) is 0 Å². The molecule has 8 nitrogen and oxygen atoms in total. The second-order valence-electron chi connectivity index (χ2n) is 8.28. The van der Waals surface area contributed by atoms with Crippen LogP contribution in [0.15, 0.2) is 59.6 Å². The number of rotatable bonds is 3. The van der Waals surface area contributed by atoms with E-state index >= 15 is 0 Å². The second kappa shape index (κ2) is 10.5. The van der Waals surface area contributed by atoms with Crippen molar-refractivity contribution in [2.24, 2.45) is 4.99 Å². The van der Waals surface area contributed by atoms with Crippen LogP contribution >= 0.6 is 11.6 Å². The van der Waals surface area contributed by atoms with E-state index in [-0.39, 0.29) is 6.03 Å². The molecule has 1 aromatic heterocycles. The van der Waals surface area contributed by atoms with E-state index in [0.29, 0.717) is 35.7 Å². The molecule has 1 aliphatic rings. The normalized spacial score (nSPS) is 14.2. The highest BCUT2D eigenvalue weighted by Gasteiger charge is 2.22. The summed E-state index contributed by atoms with van der Waals surface area (Å²) in [5.41, 5.74) is 4.59. The first-order valence-corrected chi connectivity index (χ1v) is 11.5. The number of anilines is 2. The molecule has 2 amide bonds. The molecule has 0 spiro atoms. The zero-order valence-electron chi connectivity index (χ0n) is 19.5. The minimum Gasteiger partial charge on any atom is -0.368 e. The quantitative estimate of drug-likeness (QED) is 0.422. The summed E-state index contributed by atoms with van der Waals surface area (Å²) in [7, 11) is 0. The molecule has 1 aliphatic heterocycles. The predicted molar refractivity (Wildman–Crippen MR) is 137 cm³/mol. The van der Waals surface area contributed by atoms with E-state index in [4.69, 9.17) is 11.6 Å². The minimum atomic E-state index is -0.368. The molecule has 4 rings (SSSR count). The Kier molecular flexibility index (Phi) is 7.27. The molecule has 0 saturated carbocycles. The molecule has 34 heavy (non-hydrogen) atoms. The van der Waals surface area contributed by atoms with E-state index in [1.807, 2.05) is 80.3 Å². The van der Waals surface area contributed by atoms with Gasteiger partial charge in [-0.2, -0.15) is 4.99 Å². The first-order valence-electron chi connectivity index (χ1n) is 11.2. The molecule has 2 aromatic carbocycles. The predicted octanol–water partition coefficient (Wildman–Crippen LogP) is 4.69. The van der Waals surface area contributed by atoms with Crippen LogP contribution in [0.4, 0.5) is 22.1 Å². The molecule has 0 radical (unpaired) electrons. The molecular weight excluding hydrogens is 450 g/mol.